The molecule has 2 aromatic rings. The highest BCUT2D eigenvalue weighted by atomic mass is 127. The normalized spacial score (nSPS) is 11.0. The minimum Gasteiger partial charge on any atom is -0.492 e. The molecule has 0 aliphatic carbocycles. The summed E-state index contributed by atoms with van der Waals surface area (Å²) in [5, 5.41) is 2.99. The van der Waals surface area contributed by atoms with Gasteiger partial charge in [0, 0.05) is 11.8 Å². The number of rotatable bonds is 7. The van der Waals surface area contributed by atoms with E-state index >= 15 is 0 Å². The number of aliphatic imine (C=N–C) groups is 1. The van der Waals surface area contributed by atoms with Crippen molar-refractivity contribution in [2.45, 2.75) is 20.0 Å². The quantitative estimate of drug-likeness (QED) is 0.284. The molecule has 25 heavy (non-hydrogen) atoms. The van der Waals surface area contributed by atoms with E-state index in [0.29, 0.717) is 18.9 Å². The second-order valence-electron chi connectivity index (χ2n) is 5.39. The van der Waals surface area contributed by atoms with Gasteiger partial charge in [-0.25, -0.2) is 9.38 Å². The minimum absolute atomic E-state index is 0. The number of hydrogen-bond acceptors (Lipinski definition) is 3. The van der Waals surface area contributed by atoms with Crippen LogP contribution in [0.2, 0.25) is 0 Å². The molecule has 0 bridgehead atoms. The van der Waals surface area contributed by atoms with E-state index in [0.717, 1.165) is 11.4 Å². The zero-order valence-electron chi connectivity index (χ0n) is 14.2. The van der Waals surface area contributed by atoms with Crippen LogP contribution in [0.15, 0.2) is 53.5 Å². The van der Waals surface area contributed by atoms with Crippen LogP contribution in [0.1, 0.15) is 13.8 Å². The third-order valence-electron chi connectivity index (χ3n) is 2.94. The van der Waals surface area contributed by atoms with Crippen molar-refractivity contribution in [3.8, 4) is 11.5 Å². The molecule has 0 amide bonds. The van der Waals surface area contributed by atoms with Crippen molar-refractivity contribution in [3.63, 3.8) is 0 Å². The Kier molecular flexibility index (Phi) is 9.04. The molecule has 0 aromatic heterocycles. The topological polar surface area (TPSA) is 68.9 Å². The first-order chi connectivity index (χ1) is 11.5. The summed E-state index contributed by atoms with van der Waals surface area (Å²) in [6, 6.07) is 13.4. The van der Waals surface area contributed by atoms with Crippen LogP contribution >= 0.6 is 24.0 Å². The number of halogens is 2. The van der Waals surface area contributed by atoms with Gasteiger partial charge >= 0.3 is 0 Å². The van der Waals surface area contributed by atoms with E-state index < -0.39 is 0 Å². The van der Waals surface area contributed by atoms with E-state index in [2.05, 4.69) is 10.3 Å². The number of nitrogens with two attached hydrogens (primary N) is 1. The van der Waals surface area contributed by atoms with Gasteiger partial charge < -0.3 is 20.5 Å². The lowest BCUT2D eigenvalue weighted by molar-refractivity contribution is 0.242. The van der Waals surface area contributed by atoms with Gasteiger partial charge in [-0.3, -0.25) is 0 Å². The Morgan fingerprint density at radius 2 is 1.88 bits per heavy atom. The van der Waals surface area contributed by atoms with Crippen molar-refractivity contribution in [2.24, 2.45) is 10.7 Å². The fourth-order valence-electron chi connectivity index (χ4n) is 1.96. The molecule has 0 aliphatic rings. The molecule has 2 rings (SSSR count). The van der Waals surface area contributed by atoms with Crippen LogP contribution in [0.4, 0.5) is 10.1 Å². The monoisotopic (exact) mass is 459 g/mol. The lowest BCUT2D eigenvalue weighted by atomic mass is 10.3. The molecule has 0 fully saturated rings. The summed E-state index contributed by atoms with van der Waals surface area (Å²) in [5.74, 6) is 1.23. The maximum absolute atomic E-state index is 13.0. The maximum atomic E-state index is 13.0. The van der Waals surface area contributed by atoms with Crippen LogP contribution in [0.25, 0.3) is 0 Å². The number of benzene rings is 2. The largest absolute Gasteiger partial charge is 0.492 e. The van der Waals surface area contributed by atoms with E-state index in [-0.39, 0.29) is 41.9 Å². The van der Waals surface area contributed by atoms with Crippen molar-refractivity contribution in [1.82, 2.24) is 0 Å². The van der Waals surface area contributed by atoms with Gasteiger partial charge in [-0.1, -0.05) is 6.07 Å². The second-order valence-corrected chi connectivity index (χ2v) is 5.39. The lowest BCUT2D eigenvalue weighted by Crippen LogP contribution is -2.23. The van der Waals surface area contributed by atoms with Gasteiger partial charge in [0.2, 0.25) is 0 Å². The predicted octanol–water partition coefficient (Wildman–Crippen LogP) is 4.04. The molecule has 0 unspecified atom stereocenters. The number of nitrogens with zero attached hydrogens (tertiary/aromatic N) is 1. The summed E-state index contributed by atoms with van der Waals surface area (Å²) < 4.78 is 24.0. The summed E-state index contributed by atoms with van der Waals surface area (Å²) in [5.41, 5.74) is 6.64. The SMILES string of the molecule is CC(C)Oc1ccc(NC(N)=NCCOc2cccc(F)c2)cc1.I. The molecule has 0 saturated carbocycles. The summed E-state index contributed by atoms with van der Waals surface area (Å²) in [6.07, 6.45) is 0.133. The second kappa shape index (κ2) is 10.8. The first kappa shape index (κ1) is 21.0. The van der Waals surface area contributed by atoms with E-state index in [1.54, 1.807) is 12.1 Å². The van der Waals surface area contributed by atoms with Gasteiger partial charge in [0.1, 0.15) is 23.9 Å². The van der Waals surface area contributed by atoms with Gasteiger partial charge in [-0.2, -0.15) is 0 Å². The summed E-state index contributed by atoms with van der Waals surface area (Å²) >= 11 is 0. The van der Waals surface area contributed by atoms with Crippen LogP contribution in [0, 0.1) is 5.82 Å². The zero-order valence-corrected chi connectivity index (χ0v) is 16.6. The Morgan fingerprint density at radius 3 is 2.52 bits per heavy atom. The number of guanidine groups is 1. The third kappa shape index (κ3) is 8.06. The molecule has 136 valence electrons. The number of ether oxygens (including phenoxy) is 2. The van der Waals surface area contributed by atoms with Gasteiger partial charge in [0.15, 0.2) is 5.96 Å². The summed E-state index contributed by atoms with van der Waals surface area (Å²) in [6.45, 7) is 4.63. The first-order valence-corrected chi connectivity index (χ1v) is 7.75. The molecule has 0 aliphatic heterocycles. The highest BCUT2D eigenvalue weighted by molar-refractivity contribution is 14.0. The van der Waals surface area contributed by atoms with Gasteiger partial charge in [-0.05, 0) is 50.2 Å². The van der Waals surface area contributed by atoms with Crippen molar-refractivity contribution in [3.05, 3.63) is 54.3 Å². The van der Waals surface area contributed by atoms with Gasteiger partial charge in [-0.15, -0.1) is 24.0 Å². The fourth-order valence-corrected chi connectivity index (χ4v) is 1.96. The standard InChI is InChI=1S/C18H22FN3O2.HI/c1-13(2)24-16-8-6-15(7-9-16)22-18(20)21-10-11-23-17-5-3-4-14(19)12-17;/h3-9,12-13H,10-11H2,1-2H3,(H3,20,21,22);1H. The number of hydrogen-bond donors (Lipinski definition) is 2. The first-order valence-electron chi connectivity index (χ1n) is 7.75. The molecular weight excluding hydrogens is 436 g/mol. The average molecular weight is 459 g/mol. The Hall–Kier alpha value is -2.03. The highest BCUT2D eigenvalue weighted by Gasteiger charge is 2.00. The molecule has 7 heteroatoms. The van der Waals surface area contributed by atoms with E-state index in [9.17, 15) is 4.39 Å². The lowest BCUT2D eigenvalue weighted by Gasteiger charge is -2.11. The van der Waals surface area contributed by atoms with Crippen molar-refractivity contribution in [2.75, 3.05) is 18.5 Å². The fraction of sp³-hybridized carbons (Fsp3) is 0.278. The molecule has 0 saturated heterocycles. The van der Waals surface area contributed by atoms with Crippen LogP contribution in [-0.2, 0) is 0 Å². The van der Waals surface area contributed by atoms with Crippen LogP contribution < -0.4 is 20.5 Å². The minimum atomic E-state index is -0.331. The molecule has 3 N–H and O–H groups in total. The number of nitrogens with one attached hydrogen (secondary N) is 1. The molecule has 0 radical (unpaired) electrons. The van der Waals surface area contributed by atoms with E-state index in [1.165, 1.54) is 12.1 Å². The molecular formula is C18H23FIN3O2. The van der Waals surface area contributed by atoms with Gasteiger partial charge in [0.05, 0.1) is 12.6 Å². The smallest absolute Gasteiger partial charge is 0.193 e. The maximum Gasteiger partial charge on any atom is 0.193 e. The van der Waals surface area contributed by atoms with Crippen LogP contribution in [0.5, 0.6) is 11.5 Å². The van der Waals surface area contributed by atoms with Crippen molar-refractivity contribution >= 4 is 35.6 Å². The Balaban J connectivity index is 0.00000312. The van der Waals surface area contributed by atoms with Crippen LogP contribution in [-0.4, -0.2) is 25.2 Å². The molecule has 0 spiro atoms. The molecule has 0 atom stereocenters. The molecule has 2 aromatic carbocycles. The molecule has 5 nitrogen and oxygen atoms in total. The van der Waals surface area contributed by atoms with Gasteiger partial charge in [0.25, 0.3) is 0 Å². The van der Waals surface area contributed by atoms with Crippen molar-refractivity contribution in [1.29, 1.82) is 0 Å². The van der Waals surface area contributed by atoms with E-state index in [1.807, 2.05) is 38.1 Å². The zero-order chi connectivity index (χ0) is 17.4. The summed E-state index contributed by atoms with van der Waals surface area (Å²) in [7, 11) is 0. The van der Waals surface area contributed by atoms with Crippen LogP contribution in [0.3, 0.4) is 0 Å². The Labute approximate surface area is 164 Å². The third-order valence-corrected chi connectivity index (χ3v) is 2.94. The average Bonchev–Trinajstić information content (AvgIpc) is 2.53. The predicted molar refractivity (Wildman–Crippen MR) is 110 cm³/mol. The van der Waals surface area contributed by atoms with E-state index in [4.69, 9.17) is 15.2 Å². The summed E-state index contributed by atoms with van der Waals surface area (Å²) in [4.78, 5) is 4.16. The van der Waals surface area contributed by atoms with Crippen molar-refractivity contribution < 1.29 is 13.9 Å². The highest BCUT2D eigenvalue weighted by Crippen LogP contribution is 2.16. The number of anilines is 1. The Morgan fingerprint density at radius 1 is 1.16 bits per heavy atom. The molecule has 0 heterocycles. The Bertz CT molecular complexity index is 678.